The van der Waals surface area contributed by atoms with Crippen LogP contribution in [0.3, 0.4) is 0 Å². The minimum absolute atomic E-state index is 0.0434. The lowest BCUT2D eigenvalue weighted by Gasteiger charge is -2.37. The van der Waals surface area contributed by atoms with Crippen molar-refractivity contribution in [2.45, 2.75) is 6.42 Å². The van der Waals surface area contributed by atoms with Gasteiger partial charge in [0.15, 0.2) is 0 Å². The van der Waals surface area contributed by atoms with Crippen molar-refractivity contribution in [2.75, 3.05) is 4.90 Å². The molecule has 0 aromatic heterocycles. The van der Waals surface area contributed by atoms with E-state index in [0.29, 0.717) is 22.5 Å². The Morgan fingerprint density at radius 1 is 1.05 bits per heavy atom. The molecule has 1 saturated heterocycles. The molecular weight excluding hydrogens is 366 g/mol. The van der Waals surface area contributed by atoms with E-state index in [1.165, 1.54) is 11.3 Å². The zero-order valence-corrected chi connectivity index (χ0v) is 13.9. The maximum Gasteiger partial charge on any atom is 0.238 e. The maximum absolute atomic E-state index is 12.9. The second-order valence-electron chi connectivity index (χ2n) is 6.76. The summed E-state index contributed by atoms with van der Waals surface area (Å²) < 4.78 is 0.761. The Labute approximate surface area is 141 Å². The van der Waals surface area contributed by atoms with Crippen molar-refractivity contribution in [3.05, 3.63) is 39.8 Å². The molecule has 1 aromatic rings. The van der Waals surface area contributed by atoms with Gasteiger partial charge < -0.3 is 0 Å². The first-order chi connectivity index (χ1) is 10.6. The smallest absolute Gasteiger partial charge is 0.238 e. The lowest BCUT2D eigenvalue weighted by molar-refractivity contribution is -0.124. The summed E-state index contributed by atoms with van der Waals surface area (Å²) in [7, 11) is 0. The number of hydrogen-bond acceptors (Lipinski definition) is 2. The lowest BCUT2D eigenvalue weighted by Crippen LogP contribution is -2.40. The molecule has 0 spiro atoms. The fraction of sp³-hybridized carbons (Fsp3) is 0.412. The highest BCUT2D eigenvalue weighted by Gasteiger charge is 2.67. The van der Waals surface area contributed by atoms with E-state index in [9.17, 15) is 9.59 Å². The van der Waals surface area contributed by atoms with Crippen LogP contribution in [0.1, 0.15) is 6.42 Å². The predicted octanol–water partition coefficient (Wildman–Crippen LogP) is 3.66. The first-order valence-electron chi connectivity index (χ1n) is 7.59. The highest BCUT2D eigenvalue weighted by atomic mass is 79.9. The molecule has 1 heterocycles. The van der Waals surface area contributed by atoms with Crippen LogP contribution in [-0.2, 0) is 9.59 Å². The summed E-state index contributed by atoms with van der Waals surface area (Å²) in [5.41, 5.74) is 0.589. The number of halogens is 2. The van der Waals surface area contributed by atoms with Gasteiger partial charge in [-0.2, -0.15) is 0 Å². The second kappa shape index (κ2) is 4.24. The highest BCUT2D eigenvalue weighted by molar-refractivity contribution is 9.10. The van der Waals surface area contributed by atoms with Gasteiger partial charge in [-0.25, -0.2) is 4.90 Å². The van der Waals surface area contributed by atoms with Crippen molar-refractivity contribution in [3.63, 3.8) is 0 Å². The molecule has 6 atom stereocenters. The molecule has 1 aromatic carbocycles. The Bertz CT molecular complexity index is 725. The number of hydrogen-bond donors (Lipinski definition) is 0. The van der Waals surface area contributed by atoms with Crippen molar-refractivity contribution < 1.29 is 9.59 Å². The molecule has 5 aliphatic rings. The van der Waals surface area contributed by atoms with E-state index in [1.807, 2.05) is 0 Å². The van der Waals surface area contributed by atoms with Crippen molar-refractivity contribution in [3.8, 4) is 0 Å². The number of carbonyl (C=O) groups is 2. The average Bonchev–Trinajstić information content (AvgIpc) is 3.28. The van der Waals surface area contributed by atoms with E-state index in [0.717, 1.165) is 4.47 Å². The van der Waals surface area contributed by atoms with E-state index in [1.54, 1.807) is 18.2 Å². The number of anilines is 1. The summed E-state index contributed by atoms with van der Waals surface area (Å²) in [6.45, 7) is 0. The summed E-state index contributed by atoms with van der Waals surface area (Å²) in [6.07, 6.45) is 5.55. The minimum Gasteiger partial charge on any atom is -0.274 e. The maximum atomic E-state index is 12.9. The molecule has 0 unspecified atom stereocenters. The number of amides is 2. The molecule has 3 fully saturated rings. The zero-order chi connectivity index (χ0) is 15.2. The third kappa shape index (κ3) is 1.52. The van der Waals surface area contributed by atoms with Crippen molar-refractivity contribution in [1.82, 2.24) is 0 Å². The normalized spacial score (nSPS) is 40.9. The van der Waals surface area contributed by atoms with Gasteiger partial charge in [0.05, 0.1) is 22.5 Å². The fourth-order valence-electron chi connectivity index (χ4n) is 4.84. The Hall–Kier alpha value is -1.13. The third-order valence-corrected chi connectivity index (χ3v) is 7.06. The molecule has 4 aliphatic carbocycles. The van der Waals surface area contributed by atoms with Gasteiger partial charge in [0.1, 0.15) is 0 Å². The Morgan fingerprint density at radius 2 is 1.64 bits per heavy atom. The molecule has 2 amide bonds. The van der Waals surface area contributed by atoms with Crippen LogP contribution >= 0.6 is 27.5 Å². The number of allylic oxidation sites excluding steroid dienone is 2. The van der Waals surface area contributed by atoms with Gasteiger partial charge >= 0.3 is 0 Å². The lowest BCUT2D eigenvalue weighted by atomic mass is 9.63. The topological polar surface area (TPSA) is 37.4 Å². The van der Waals surface area contributed by atoms with Crippen LogP contribution in [0.25, 0.3) is 0 Å². The molecule has 1 aliphatic heterocycles. The Balaban J connectivity index is 1.58. The van der Waals surface area contributed by atoms with Gasteiger partial charge in [0, 0.05) is 4.47 Å². The van der Waals surface area contributed by atoms with E-state index in [4.69, 9.17) is 11.6 Å². The first kappa shape index (κ1) is 13.3. The molecule has 22 heavy (non-hydrogen) atoms. The van der Waals surface area contributed by atoms with Crippen molar-refractivity contribution in [2.24, 2.45) is 35.5 Å². The van der Waals surface area contributed by atoms with Gasteiger partial charge in [-0.1, -0.05) is 23.8 Å². The van der Waals surface area contributed by atoms with Crippen LogP contribution < -0.4 is 4.90 Å². The number of imide groups is 1. The molecule has 5 heteroatoms. The SMILES string of the molecule is O=C1[C@@H]2[C@H]3C=C[C@@H]([C@@H]4C[C@H]34)[C@@H]2C(=O)N1c1ccc(Br)c(Cl)c1. The highest BCUT2D eigenvalue weighted by Crippen LogP contribution is 2.65. The molecule has 0 radical (unpaired) electrons. The zero-order valence-electron chi connectivity index (χ0n) is 11.6. The minimum atomic E-state index is -0.159. The van der Waals surface area contributed by atoms with Gasteiger partial charge in [-0.15, -0.1) is 0 Å². The van der Waals surface area contributed by atoms with Gasteiger partial charge in [0.25, 0.3) is 0 Å². The number of benzene rings is 1. The predicted molar refractivity (Wildman–Crippen MR) is 86.3 cm³/mol. The van der Waals surface area contributed by atoms with Crippen LogP contribution in [0.2, 0.25) is 5.02 Å². The van der Waals surface area contributed by atoms with Crippen molar-refractivity contribution in [1.29, 1.82) is 0 Å². The Kier molecular flexibility index (Phi) is 2.56. The van der Waals surface area contributed by atoms with E-state index >= 15 is 0 Å². The van der Waals surface area contributed by atoms with Crippen LogP contribution in [0.15, 0.2) is 34.8 Å². The molecule has 6 rings (SSSR count). The molecule has 0 N–H and O–H groups in total. The van der Waals surface area contributed by atoms with Gasteiger partial charge in [-0.3, -0.25) is 9.59 Å². The van der Waals surface area contributed by atoms with Crippen LogP contribution in [0.5, 0.6) is 0 Å². The van der Waals surface area contributed by atoms with E-state index < -0.39 is 0 Å². The molecule has 112 valence electrons. The molecular formula is C17H13BrClNO2. The van der Waals surface area contributed by atoms with E-state index in [2.05, 4.69) is 28.1 Å². The molecule has 3 nitrogen and oxygen atoms in total. The number of nitrogens with zero attached hydrogens (tertiary/aromatic N) is 1. The van der Waals surface area contributed by atoms with Crippen LogP contribution in [-0.4, -0.2) is 11.8 Å². The monoisotopic (exact) mass is 377 g/mol. The summed E-state index contributed by atoms with van der Waals surface area (Å²) >= 11 is 9.47. The van der Waals surface area contributed by atoms with Crippen LogP contribution in [0, 0.1) is 35.5 Å². The number of carbonyl (C=O) groups excluding carboxylic acids is 2. The fourth-order valence-corrected chi connectivity index (χ4v) is 5.26. The van der Waals surface area contributed by atoms with Gasteiger partial charge in [0.2, 0.25) is 11.8 Å². The molecule has 2 bridgehead atoms. The largest absolute Gasteiger partial charge is 0.274 e. The summed E-state index contributed by atoms with van der Waals surface area (Å²) in [5, 5.41) is 0.511. The van der Waals surface area contributed by atoms with Crippen molar-refractivity contribution >= 4 is 45.0 Å². The van der Waals surface area contributed by atoms with Gasteiger partial charge in [-0.05, 0) is 64.2 Å². The summed E-state index contributed by atoms with van der Waals surface area (Å²) in [5.74, 6) is 1.36. The second-order valence-corrected chi connectivity index (χ2v) is 8.03. The van der Waals surface area contributed by atoms with E-state index in [-0.39, 0.29) is 35.5 Å². The summed E-state index contributed by atoms with van der Waals surface area (Å²) in [6, 6.07) is 5.25. The summed E-state index contributed by atoms with van der Waals surface area (Å²) in [4.78, 5) is 27.2. The Morgan fingerprint density at radius 3 is 2.18 bits per heavy atom. The first-order valence-corrected chi connectivity index (χ1v) is 8.76. The standard InChI is InChI=1S/C17H13BrClNO2/c18-12-4-1-7(5-13(12)19)20-16(21)14-8-2-3-9(11-6-10(8)11)15(14)17(20)22/h1-5,8-11,14-15H,6H2/t8-,9-,10-,11+,14-,15+/m0/s1. The average molecular weight is 379 g/mol. The quantitative estimate of drug-likeness (QED) is 0.552. The molecule has 2 saturated carbocycles. The third-order valence-electron chi connectivity index (χ3n) is 5.82. The number of rotatable bonds is 1. The van der Waals surface area contributed by atoms with Crippen LogP contribution in [0.4, 0.5) is 5.69 Å².